The Balaban J connectivity index is 0.00000361. The second-order valence-electron chi connectivity index (χ2n) is 8.67. The van der Waals surface area contributed by atoms with Crippen molar-refractivity contribution in [1.82, 2.24) is 4.90 Å². The molecule has 1 aliphatic carbocycles. The highest BCUT2D eigenvalue weighted by Gasteiger charge is 2.40. The number of fused-ring (bicyclic) bond motifs is 2. The standard InChI is InChI=1S/C28H34N4O3.ClH/c1-5-31(6-2)18-13-14-21-23(17-18)35-25-22(15-16-28(30,26(25)29)32(7-3)8-4)24(21)19-11-9-10-12-20(19)27(33)34;/h9-17H,5-8,29-30H2,1-4H3,(H,33,34);1H. The summed E-state index contributed by atoms with van der Waals surface area (Å²) in [5.41, 5.74) is 17.1. The third-order valence-electron chi connectivity index (χ3n) is 6.98. The second kappa shape index (κ2) is 10.8. The Labute approximate surface area is 219 Å². The highest BCUT2D eigenvalue weighted by Crippen LogP contribution is 2.47. The van der Waals surface area contributed by atoms with E-state index in [0.717, 1.165) is 35.5 Å². The molecule has 1 unspecified atom stereocenters. The van der Waals surface area contributed by atoms with E-state index in [1.54, 1.807) is 12.1 Å². The molecule has 0 amide bonds. The van der Waals surface area contributed by atoms with Gasteiger partial charge < -0.3 is 26.2 Å². The number of carbonyl (C=O) groups is 1. The Morgan fingerprint density at radius 1 is 1.00 bits per heavy atom. The molecule has 0 saturated heterocycles. The first kappa shape index (κ1) is 27.3. The molecule has 192 valence electrons. The Hall–Kier alpha value is -3.26. The molecular formula is C28H35ClN4O3. The first-order valence-corrected chi connectivity index (χ1v) is 12.2. The summed E-state index contributed by atoms with van der Waals surface area (Å²) >= 11 is 0. The fraction of sp³-hybridized carbons (Fsp3) is 0.321. The van der Waals surface area contributed by atoms with Crippen molar-refractivity contribution in [2.24, 2.45) is 11.5 Å². The normalized spacial score (nSPS) is 18.4. The monoisotopic (exact) mass is 510 g/mol. The number of hydrogen-bond acceptors (Lipinski definition) is 6. The van der Waals surface area contributed by atoms with Gasteiger partial charge in [0.2, 0.25) is 0 Å². The predicted octanol–water partition coefficient (Wildman–Crippen LogP) is 4.58. The fourth-order valence-corrected chi connectivity index (χ4v) is 5.05. The number of rotatable bonds is 8. The van der Waals surface area contributed by atoms with Gasteiger partial charge >= 0.3 is 5.97 Å². The van der Waals surface area contributed by atoms with Gasteiger partial charge in [0.05, 0.1) is 11.3 Å². The molecule has 4 rings (SSSR count). The van der Waals surface area contributed by atoms with Crippen molar-refractivity contribution in [2.75, 3.05) is 31.1 Å². The summed E-state index contributed by atoms with van der Waals surface area (Å²) < 4.78 is 6.48. The van der Waals surface area contributed by atoms with Gasteiger partial charge in [-0.25, -0.2) is 4.79 Å². The van der Waals surface area contributed by atoms with E-state index in [4.69, 9.17) is 16.2 Å². The molecule has 7 nitrogen and oxygen atoms in total. The van der Waals surface area contributed by atoms with Gasteiger partial charge in [0, 0.05) is 41.6 Å². The lowest BCUT2D eigenvalue weighted by Crippen LogP contribution is -2.59. The summed E-state index contributed by atoms with van der Waals surface area (Å²) in [6, 6.07) is 13.1. The van der Waals surface area contributed by atoms with Crippen molar-refractivity contribution in [2.45, 2.75) is 33.4 Å². The number of carboxylic acids is 1. The van der Waals surface area contributed by atoms with Gasteiger partial charge in [0.1, 0.15) is 11.4 Å². The van der Waals surface area contributed by atoms with Gasteiger partial charge in [-0.15, -0.1) is 12.4 Å². The van der Waals surface area contributed by atoms with Crippen molar-refractivity contribution in [3.05, 3.63) is 88.3 Å². The van der Waals surface area contributed by atoms with Crippen LogP contribution in [0, 0.1) is 0 Å². The topological polar surface area (TPSA) is 105 Å². The third-order valence-corrected chi connectivity index (χ3v) is 6.98. The molecule has 1 aliphatic heterocycles. The number of nitrogens with zero attached hydrogens (tertiary/aromatic N) is 2. The van der Waals surface area contributed by atoms with E-state index in [2.05, 4.69) is 23.6 Å². The zero-order valence-corrected chi connectivity index (χ0v) is 22.1. The highest BCUT2D eigenvalue weighted by molar-refractivity contribution is 6.00. The van der Waals surface area contributed by atoms with Gasteiger partial charge in [-0.05, 0) is 56.8 Å². The van der Waals surface area contributed by atoms with Crippen molar-refractivity contribution in [1.29, 1.82) is 0 Å². The molecule has 5 N–H and O–H groups in total. The van der Waals surface area contributed by atoms with Crippen LogP contribution in [0.4, 0.5) is 5.69 Å². The van der Waals surface area contributed by atoms with Crippen LogP contribution in [0.25, 0.3) is 5.57 Å². The van der Waals surface area contributed by atoms with Crippen LogP contribution in [0.5, 0.6) is 5.75 Å². The maximum Gasteiger partial charge on any atom is 0.336 e. The van der Waals surface area contributed by atoms with Crippen LogP contribution in [0.3, 0.4) is 0 Å². The maximum atomic E-state index is 12.2. The number of carboxylic acid groups (broad SMARTS) is 1. The molecule has 2 aromatic rings. The minimum absolute atomic E-state index is 0. The molecule has 0 bridgehead atoms. The largest absolute Gasteiger partial charge is 0.478 e. The summed E-state index contributed by atoms with van der Waals surface area (Å²) in [6.45, 7) is 11.4. The van der Waals surface area contributed by atoms with Gasteiger partial charge in [-0.2, -0.15) is 0 Å². The lowest BCUT2D eigenvalue weighted by molar-refractivity contribution is 0.0696. The average molecular weight is 511 g/mol. The molecule has 0 fully saturated rings. The molecule has 1 atom stereocenters. The summed E-state index contributed by atoms with van der Waals surface area (Å²) in [6.07, 6.45) is 3.80. The van der Waals surface area contributed by atoms with Gasteiger partial charge in [-0.3, -0.25) is 4.90 Å². The minimum Gasteiger partial charge on any atom is -0.478 e. The molecule has 2 aliphatic rings. The van der Waals surface area contributed by atoms with Crippen LogP contribution >= 0.6 is 12.4 Å². The number of ether oxygens (including phenoxy) is 1. The van der Waals surface area contributed by atoms with Crippen LogP contribution in [0.15, 0.2) is 71.6 Å². The zero-order valence-electron chi connectivity index (χ0n) is 21.2. The molecule has 0 spiro atoms. The van der Waals surface area contributed by atoms with E-state index < -0.39 is 11.6 Å². The van der Waals surface area contributed by atoms with Gasteiger partial charge in [0.15, 0.2) is 5.76 Å². The minimum atomic E-state index is -1.01. The molecule has 2 aromatic carbocycles. The molecule has 0 radical (unpaired) electrons. The number of benzene rings is 2. The van der Waals surface area contributed by atoms with E-state index in [1.165, 1.54) is 0 Å². The summed E-state index contributed by atoms with van der Waals surface area (Å²) in [4.78, 5) is 16.4. The fourth-order valence-electron chi connectivity index (χ4n) is 5.05. The first-order valence-electron chi connectivity index (χ1n) is 12.2. The van der Waals surface area contributed by atoms with Crippen molar-refractivity contribution >= 4 is 29.6 Å². The van der Waals surface area contributed by atoms with E-state index in [1.807, 2.05) is 56.3 Å². The highest BCUT2D eigenvalue weighted by atomic mass is 35.5. The number of hydrogen-bond donors (Lipinski definition) is 3. The predicted molar refractivity (Wildman–Crippen MR) is 147 cm³/mol. The quantitative estimate of drug-likeness (QED) is 0.446. The maximum absolute atomic E-state index is 12.2. The number of halogens is 1. The lowest BCUT2D eigenvalue weighted by atomic mass is 9.83. The zero-order chi connectivity index (χ0) is 25.3. The van der Waals surface area contributed by atoms with Crippen LogP contribution in [0.2, 0.25) is 0 Å². The van der Waals surface area contributed by atoms with Gasteiger partial charge in [-0.1, -0.05) is 38.1 Å². The van der Waals surface area contributed by atoms with E-state index in [0.29, 0.717) is 35.9 Å². The summed E-state index contributed by atoms with van der Waals surface area (Å²) in [5.74, 6) is 0.112. The molecule has 1 heterocycles. The van der Waals surface area contributed by atoms with Crippen LogP contribution < -0.4 is 21.1 Å². The van der Waals surface area contributed by atoms with E-state index >= 15 is 0 Å². The molecule has 36 heavy (non-hydrogen) atoms. The number of anilines is 1. The first-order chi connectivity index (χ1) is 16.8. The van der Waals surface area contributed by atoms with Crippen molar-refractivity contribution in [3.63, 3.8) is 0 Å². The van der Waals surface area contributed by atoms with Crippen LogP contribution in [-0.4, -0.2) is 47.8 Å². The Morgan fingerprint density at radius 2 is 1.67 bits per heavy atom. The Bertz CT molecular complexity index is 1250. The van der Waals surface area contributed by atoms with Crippen LogP contribution in [-0.2, 0) is 0 Å². The number of nitrogens with two attached hydrogens (primary N) is 2. The molecule has 8 heteroatoms. The van der Waals surface area contributed by atoms with E-state index in [9.17, 15) is 9.90 Å². The Morgan fingerprint density at radius 3 is 2.28 bits per heavy atom. The summed E-state index contributed by atoms with van der Waals surface area (Å²) in [5, 5.41) is 9.95. The molecule has 0 aromatic heterocycles. The molecular weight excluding hydrogens is 476 g/mol. The summed E-state index contributed by atoms with van der Waals surface area (Å²) in [7, 11) is 0. The van der Waals surface area contributed by atoms with E-state index in [-0.39, 0.29) is 18.0 Å². The van der Waals surface area contributed by atoms with Crippen LogP contribution in [0.1, 0.15) is 49.2 Å². The van der Waals surface area contributed by atoms with Gasteiger partial charge in [0.25, 0.3) is 0 Å². The smallest absolute Gasteiger partial charge is 0.336 e. The number of likely N-dealkylation sites (N-methyl/N-ethyl adjacent to an activating group) is 1. The molecule has 0 saturated carbocycles. The third kappa shape index (κ3) is 4.39. The number of allylic oxidation sites excluding steroid dienone is 1. The second-order valence-corrected chi connectivity index (χ2v) is 8.67. The average Bonchev–Trinajstić information content (AvgIpc) is 2.86. The van der Waals surface area contributed by atoms with Crippen molar-refractivity contribution in [3.8, 4) is 5.75 Å². The van der Waals surface area contributed by atoms with Crippen molar-refractivity contribution < 1.29 is 14.6 Å². The Kier molecular flexibility index (Phi) is 8.19. The lowest BCUT2D eigenvalue weighted by Gasteiger charge is -2.42. The SMILES string of the molecule is CCN(CC)c1ccc2c(c1)OC1=C(N)C(N)(N(CC)CC)C=CC1=C2c1ccccc1C(=O)O.Cl. The number of aromatic carboxylic acids is 1.